The third-order valence-electron chi connectivity index (χ3n) is 27.6. The first-order valence-corrected chi connectivity index (χ1v) is 52.1. The van der Waals surface area contributed by atoms with Crippen molar-refractivity contribution < 1.29 is 86.7 Å². The Balaban J connectivity index is 0.000000161. The molecule has 14 N–H and O–H groups in total. The van der Waals surface area contributed by atoms with Gasteiger partial charge in [0.2, 0.25) is 0 Å². The lowest BCUT2D eigenvalue weighted by molar-refractivity contribution is -0.141. The smallest absolute Gasteiger partial charge is 0.326 e. The summed E-state index contributed by atoms with van der Waals surface area (Å²) in [5.41, 5.74) is 9.49. The van der Waals surface area contributed by atoms with E-state index in [-0.39, 0.29) is 47.8 Å². The van der Waals surface area contributed by atoms with E-state index >= 15 is 0 Å². The number of hydrogen-bond donors (Lipinski definition) is 14. The topological polar surface area (TPSA) is 441 Å². The molecule has 144 heavy (non-hydrogen) atoms. The number of amides is 4. The van der Waals surface area contributed by atoms with Crippen LogP contribution in [0.4, 0.5) is 11.4 Å². The summed E-state index contributed by atoms with van der Waals surface area (Å²) in [6.07, 6.45) is 24.5. The molecule has 0 saturated carbocycles. The fourth-order valence-electron chi connectivity index (χ4n) is 19.4. The molecular weight excluding hydrogens is 1850 g/mol. The molecular formula is C113H138N12O18S. The average molecular weight is 1980 g/mol. The zero-order valence-corrected chi connectivity index (χ0v) is 83.5. The number of carboxylic acids is 4. The van der Waals surface area contributed by atoms with Gasteiger partial charge >= 0.3 is 23.9 Å². The number of piperidine rings is 4. The number of carbonyl (C=O) groups excluding carboxylic acids is 5. The van der Waals surface area contributed by atoms with E-state index in [4.69, 9.17) is 18.9 Å². The second-order valence-corrected chi connectivity index (χ2v) is 39.2. The molecule has 0 aliphatic carbocycles. The molecule has 4 fully saturated rings. The number of aliphatic carboxylic acids is 4. The Labute approximate surface area is 843 Å². The molecule has 6 aliphatic rings. The number of rotatable bonds is 45. The minimum atomic E-state index is -1.71. The lowest BCUT2D eigenvalue weighted by atomic mass is 9.91. The Kier molecular flexibility index (Phi) is 41.4. The van der Waals surface area contributed by atoms with Crippen molar-refractivity contribution in [1.29, 1.82) is 0 Å². The number of Topliss-reactive ketones (excluding diaryl/α,β-unsaturated/α-hetero) is 1. The summed E-state index contributed by atoms with van der Waals surface area (Å²) in [7, 11) is -1.71. The zero-order valence-electron chi connectivity index (χ0n) is 82.6. The van der Waals surface area contributed by atoms with Gasteiger partial charge < -0.3 is 91.9 Å². The molecule has 5 atom stereocenters. The highest BCUT2D eigenvalue weighted by molar-refractivity contribution is 7.85. The first-order valence-electron chi connectivity index (χ1n) is 50.8. The average Bonchev–Trinajstić information content (AvgIpc) is 1.63. The lowest BCUT2D eigenvalue weighted by Gasteiger charge is -2.22. The number of nitrogens with zero attached hydrogens (tertiary/aromatic N) is 2. The number of fused-ring (bicyclic) bond motifs is 4. The Bertz CT molecular complexity index is 6000. The summed E-state index contributed by atoms with van der Waals surface area (Å²) >= 11 is 0. The van der Waals surface area contributed by atoms with E-state index in [1.807, 2.05) is 147 Å². The standard InChI is InChI=1S/C29H35N3O5.C28H33N3O5S.2C28H35N3O4/c1-19(33)26-23-7-2-3-8-24(23)31-27(26)28(34)32-25(29(35)36)18-21-9-11-22(12-10-21)37-17-5-4-6-20-13-15-30-16-14-20;1-37(35)26-22-7-2-3-8-23(22)30-25(26)27(32)31-24(28(33)34)18-20-9-11-21(12-10-20)36-17-5-4-6-19-13-15-29-16-14-19;2*1-19-23-7-2-3-8-24(23)30-26(19)27(32)31-25(28(33)34)18-21-9-11-22(12-10-21)35-17-5-4-6-20-13-15-29-16-14-20/h2-3,7-12,20,25-26,30H,4-6,13-18H2,1H3,(H,32,34)(H,35,36);2-3,7-12,19,24,29H,1,4-6,13-18H2,(H,31,32)(H,33,34);2*2-3,7-12,20,25,29-30H,4-6,13-18H2,1H3,(H,31,32)(H,33,34). The molecule has 4 amide bonds. The van der Waals surface area contributed by atoms with E-state index in [1.165, 1.54) is 96.8 Å². The molecule has 0 bridgehead atoms. The maximum absolute atomic E-state index is 13.0. The van der Waals surface area contributed by atoms with Crippen LogP contribution in [0.3, 0.4) is 0 Å². The number of ether oxygens (including phenoxy) is 4. The number of aliphatic imine (C=N–C) groups is 2. The Morgan fingerprint density at radius 3 is 0.993 bits per heavy atom. The summed E-state index contributed by atoms with van der Waals surface area (Å²) in [5.74, 6) is 2.26. The predicted octanol–water partition coefficient (Wildman–Crippen LogP) is 15.5. The number of aromatic nitrogens is 2. The number of aryl methyl sites for hydroxylation is 2. The number of benzene rings is 8. The zero-order chi connectivity index (χ0) is 102. The summed E-state index contributed by atoms with van der Waals surface area (Å²) in [4.78, 5) is 126. The molecule has 8 heterocycles. The van der Waals surface area contributed by atoms with Crippen LogP contribution in [0, 0.1) is 37.5 Å². The normalized spacial score (nSPS) is 16.1. The van der Waals surface area contributed by atoms with Crippen LogP contribution < -0.4 is 61.5 Å². The fourth-order valence-corrected chi connectivity index (χ4v) is 20.1. The number of nitrogens with one attached hydrogen (secondary N) is 10. The molecule has 0 radical (unpaired) electrons. The number of para-hydroxylation sites is 4. The van der Waals surface area contributed by atoms with Gasteiger partial charge in [0.15, 0.2) is 0 Å². The van der Waals surface area contributed by atoms with Crippen molar-refractivity contribution in [3.8, 4) is 23.0 Å². The molecule has 764 valence electrons. The molecule has 16 rings (SSSR count). The number of H-pyrrole nitrogens is 2. The van der Waals surface area contributed by atoms with Crippen LogP contribution in [0.15, 0.2) is 204 Å². The van der Waals surface area contributed by atoms with Gasteiger partial charge in [-0.2, -0.15) is 0 Å². The third-order valence-corrected chi connectivity index (χ3v) is 28.5. The van der Waals surface area contributed by atoms with Crippen molar-refractivity contribution in [2.45, 2.75) is 205 Å². The van der Waals surface area contributed by atoms with Gasteiger partial charge in [-0.1, -0.05) is 147 Å². The van der Waals surface area contributed by atoms with E-state index in [1.54, 1.807) is 60.7 Å². The minimum absolute atomic E-state index is 0.0313. The number of aromatic amines is 2. The van der Waals surface area contributed by atoms with Crippen LogP contribution in [-0.2, 0) is 69.2 Å². The summed E-state index contributed by atoms with van der Waals surface area (Å²) in [6, 6.07) is 54.3. The summed E-state index contributed by atoms with van der Waals surface area (Å²) < 4.78 is 35.7. The lowest BCUT2D eigenvalue weighted by Crippen LogP contribution is -2.46. The third kappa shape index (κ3) is 32.2. The van der Waals surface area contributed by atoms with Crippen LogP contribution in [0.5, 0.6) is 23.0 Å². The van der Waals surface area contributed by atoms with Crippen molar-refractivity contribution in [1.82, 2.24) is 52.5 Å². The number of carboxylic acid groups (broad SMARTS) is 4. The monoisotopic (exact) mass is 1980 g/mol. The maximum Gasteiger partial charge on any atom is 0.326 e. The van der Waals surface area contributed by atoms with Crippen LogP contribution >= 0.6 is 0 Å². The Morgan fingerprint density at radius 2 is 0.674 bits per heavy atom. The van der Waals surface area contributed by atoms with Crippen LogP contribution in [0.2, 0.25) is 0 Å². The Morgan fingerprint density at radius 1 is 0.375 bits per heavy atom. The van der Waals surface area contributed by atoms with E-state index in [0.717, 1.165) is 193 Å². The maximum atomic E-state index is 13.0. The highest BCUT2D eigenvalue weighted by atomic mass is 32.1. The van der Waals surface area contributed by atoms with Crippen LogP contribution in [-0.4, -0.2) is 213 Å². The van der Waals surface area contributed by atoms with Gasteiger partial charge in [0, 0.05) is 63.0 Å². The van der Waals surface area contributed by atoms with Gasteiger partial charge in [0.1, 0.15) is 75.8 Å². The van der Waals surface area contributed by atoms with E-state index < -0.39 is 87.6 Å². The van der Waals surface area contributed by atoms with Crippen LogP contribution in [0.1, 0.15) is 207 Å². The molecule has 2 aromatic heterocycles. The highest BCUT2D eigenvalue weighted by Gasteiger charge is 2.38. The van der Waals surface area contributed by atoms with Gasteiger partial charge in [0.25, 0.3) is 23.6 Å². The van der Waals surface area contributed by atoms with Crippen molar-refractivity contribution in [2.75, 3.05) is 78.8 Å². The van der Waals surface area contributed by atoms with Crippen molar-refractivity contribution in [2.24, 2.45) is 33.7 Å². The largest absolute Gasteiger partial charge is 0.494 e. The summed E-state index contributed by atoms with van der Waals surface area (Å²) in [6.45, 7) is 16.9. The highest BCUT2D eigenvalue weighted by Crippen LogP contribution is 2.37. The summed E-state index contributed by atoms with van der Waals surface area (Å²) in [5, 5.41) is 64.8. The molecule has 0 spiro atoms. The molecule has 8 aromatic carbocycles. The minimum Gasteiger partial charge on any atom is -0.494 e. The molecule has 6 aliphatic heterocycles. The fraction of sp³-hybridized carbons (Fsp3) is 0.425. The SMILES string of the molecule is C=S(=O)=C1C(C(=O)NC(Cc2ccc(OCCCCC3CCNCC3)cc2)C(=O)O)=Nc2ccccc21.CC(=O)C1C(C(=O)NC(Cc2ccc(OCCCCC3CCNCC3)cc2)C(=O)O)=Nc2ccccc21.Cc1c(C(=O)NC(Cc2ccc(OCCCCC3CCNCC3)cc2)C(=O)O)[nH]c2ccccc12.Cc1c(C(=O)NC(Cc2ccc(OCCCCC3CCNCC3)cc2)C(=O)O)[nH]c2ccccc12. The van der Waals surface area contributed by atoms with E-state index in [2.05, 4.69) is 68.4 Å². The number of ketones is 1. The molecule has 10 aromatic rings. The van der Waals surface area contributed by atoms with Crippen molar-refractivity contribution in [3.63, 3.8) is 0 Å². The number of unbranched alkanes of at least 4 members (excludes halogenated alkanes) is 4. The first-order chi connectivity index (χ1) is 69.9. The van der Waals surface area contributed by atoms with E-state index in [0.29, 0.717) is 60.3 Å². The van der Waals surface area contributed by atoms with E-state index in [9.17, 15) is 67.8 Å². The molecule has 4 saturated heterocycles. The second kappa shape index (κ2) is 55.3. The first kappa shape index (κ1) is 108. The van der Waals surface area contributed by atoms with Crippen LogP contribution in [0.25, 0.3) is 21.8 Å². The van der Waals surface area contributed by atoms with Gasteiger partial charge in [0.05, 0.1) is 48.6 Å². The van der Waals surface area contributed by atoms with Gasteiger partial charge in [-0.15, -0.1) is 0 Å². The van der Waals surface area contributed by atoms with Gasteiger partial charge in [-0.25, -0.2) is 33.4 Å². The number of hydrogen-bond acceptors (Lipinski definition) is 20. The van der Waals surface area contributed by atoms with Crippen molar-refractivity contribution in [3.05, 3.63) is 250 Å². The quantitative estimate of drug-likeness (QED) is 0.0124. The second-order valence-electron chi connectivity index (χ2n) is 38.1. The van der Waals surface area contributed by atoms with Crippen molar-refractivity contribution >= 4 is 119 Å². The molecule has 30 nitrogen and oxygen atoms in total. The predicted molar refractivity (Wildman–Crippen MR) is 563 cm³/mol. The number of carbonyl (C=O) groups is 9. The molecule has 5 unspecified atom stereocenters. The Hall–Kier alpha value is -13.6. The van der Waals surface area contributed by atoms with Gasteiger partial charge in [-0.3, -0.25) is 24.0 Å². The molecule has 31 heteroatoms. The van der Waals surface area contributed by atoms with Gasteiger partial charge in [-0.05, 0) is 317 Å².